The number of rotatable bonds is 6. The lowest BCUT2D eigenvalue weighted by Gasteiger charge is -2.23. The first kappa shape index (κ1) is 23.0. The molecule has 0 amide bonds. The van der Waals surface area contributed by atoms with Crippen molar-refractivity contribution < 1.29 is 14.3 Å². The molecule has 8 nitrogen and oxygen atoms in total. The first-order valence-corrected chi connectivity index (χ1v) is 11.9. The van der Waals surface area contributed by atoms with Gasteiger partial charge in [0.05, 0.1) is 6.42 Å². The van der Waals surface area contributed by atoms with E-state index in [1.165, 1.54) is 11.8 Å². The number of carbonyl (C=O) groups excluding carboxylic acids is 2. The number of ketones is 1. The minimum absolute atomic E-state index is 0.00968. The van der Waals surface area contributed by atoms with Crippen LogP contribution in [-0.2, 0) is 26.2 Å². The van der Waals surface area contributed by atoms with Gasteiger partial charge in [-0.3, -0.25) is 9.59 Å². The average Bonchev–Trinajstić information content (AvgIpc) is 3.28. The number of aromatic nitrogens is 4. The zero-order valence-electron chi connectivity index (χ0n) is 19.7. The van der Waals surface area contributed by atoms with Crippen LogP contribution in [0.4, 0.5) is 5.69 Å². The molecule has 0 saturated heterocycles. The van der Waals surface area contributed by atoms with E-state index in [9.17, 15) is 9.59 Å². The lowest BCUT2D eigenvalue weighted by molar-refractivity contribution is -0.146. The number of esters is 1. The first-order valence-electron chi connectivity index (χ1n) is 10.6. The Morgan fingerprint density at radius 1 is 1.18 bits per heavy atom. The highest BCUT2D eigenvalue weighted by Gasteiger charge is 2.38. The predicted octanol–water partition coefficient (Wildman–Crippen LogP) is 3.43. The second-order valence-electron chi connectivity index (χ2n) is 8.61. The zero-order valence-corrected chi connectivity index (χ0v) is 20.5. The molecular formula is C24H27N5O3S. The molecule has 0 aliphatic carbocycles. The number of para-hydroxylation sites is 1. The molecule has 0 saturated carbocycles. The second kappa shape index (κ2) is 8.62. The molecule has 9 heteroatoms. The summed E-state index contributed by atoms with van der Waals surface area (Å²) in [6.07, 6.45) is 3.48. The minimum Gasteiger partial charge on any atom is -0.457 e. The Morgan fingerprint density at radius 3 is 2.61 bits per heavy atom. The number of likely N-dealkylation sites (N-methyl/N-ethyl adjacent to an activating group) is 1. The van der Waals surface area contributed by atoms with E-state index in [-0.39, 0.29) is 24.2 Å². The van der Waals surface area contributed by atoms with Crippen LogP contribution in [0.5, 0.6) is 0 Å². The van der Waals surface area contributed by atoms with Crippen molar-refractivity contribution in [3.63, 3.8) is 0 Å². The maximum absolute atomic E-state index is 12.7. The fourth-order valence-corrected chi connectivity index (χ4v) is 4.67. The first-order chi connectivity index (χ1) is 15.6. The summed E-state index contributed by atoms with van der Waals surface area (Å²) in [6.45, 7) is 7.56. The van der Waals surface area contributed by atoms with Crippen LogP contribution < -0.4 is 4.90 Å². The molecule has 3 aromatic rings. The topological polar surface area (TPSA) is 89.7 Å². The largest absolute Gasteiger partial charge is 0.457 e. The van der Waals surface area contributed by atoms with Gasteiger partial charge in [-0.15, -0.1) is 5.10 Å². The van der Waals surface area contributed by atoms with E-state index in [1.54, 1.807) is 10.6 Å². The smallest absolute Gasteiger partial charge is 0.310 e. The highest BCUT2D eigenvalue weighted by Crippen LogP contribution is 2.46. The molecule has 0 bridgehead atoms. The van der Waals surface area contributed by atoms with Crippen molar-refractivity contribution in [3.8, 4) is 0 Å². The van der Waals surface area contributed by atoms with Crippen LogP contribution in [0, 0.1) is 13.8 Å². The Balaban J connectivity index is 1.45. The predicted molar refractivity (Wildman–Crippen MR) is 128 cm³/mol. The SMILES string of the molecule is CSc1nc2nc(C)c(CC(=O)OCC(=O)/C=C3/N(C)c4ccccc4C3(C)C)c(C)n2n1. The number of allylic oxidation sites excluding steroid dienone is 1. The quantitative estimate of drug-likeness (QED) is 0.311. The molecule has 2 aromatic heterocycles. The molecule has 0 atom stereocenters. The summed E-state index contributed by atoms with van der Waals surface area (Å²) in [7, 11) is 1.94. The van der Waals surface area contributed by atoms with Gasteiger partial charge in [0.2, 0.25) is 5.16 Å². The van der Waals surface area contributed by atoms with Gasteiger partial charge in [-0.25, -0.2) is 9.50 Å². The van der Waals surface area contributed by atoms with Crippen LogP contribution in [0.15, 0.2) is 41.2 Å². The van der Waals surface area contributed by atoms with E-state index in [2.05, 4.69) is 35.0 Å². The number of aryl methyl sites for hydroxylation is 2. The van der Waals surface area contributed by atoms with Crippen molar-refractivity contribution in [3.05, 3.63) is 58.6 Å². The third kappa shape index (κ3) is 4.13. The van der Waals surface area contributed by atoms with Crippen LogP contribution in [0.1, 0.15) is 36.4 Å². The highest BCUT2D eigenvalue weighted by atomic mass is 32.2. The molecule has 0 radical (unpaired) electrons. The number of benzene rings is 1. The van der Waals surface area contributed by atoms with E-state index >= 15 is 0 Å². The molecule has 1 aromatic carbocycles. The van der Waals surface area contributed by atoms with Gasteiger partial charge >= 0.3 is 5.97 Å². The number of thioether (sulfide) groups is 1. The third-order valence-electron chi connectivity index (χ3n) is 6.15. The fraction of sp³-hybridized carbons (Fsp3) is 0.375. The van der Waals surface area contributed by atoms with Crippen LogP contribution >= 0.6 is 11.8 Å². The van der Waals surface area contributed by atoms with Crippen molar-refractivity contribution in [2.45, 2.75) is 44.7 Å². The van der Waals surface area contributed by atoms with Gasteiger partial charge < -0.3 is 9.64 Å². The molecule has 0 N–H and O–H groups in total. The van der Waals surface area contributed by atoms with Crippen molar-refractivity contribution >= 4 is 35.0 Å². The van der Waals surface area contributed by atoms with Crippen LogP contribution in [0.25, 0.3) is 5.78 Å². The molecule has 172 valence electrons. The molecule has 0 fully saturated rings. The summed E-state index contributed by atoms with van der Waals surface area (Å²) >= 11 is 1.43. The zero-order chi connectivity index (χ0) is 23.9. The van der Waals surface area contributed by atoms with Crippen LogP contribution in [-0.4, -0.2) is 51.2 Å². The number of anilines is 1. The summed E-state index contributed by atoms with van der Waals surface area (Å²) < 4.78 is 6.95. The summed E-state index contributed by atoms with van der Waals surface area (Å²) in [4.78, 5) is 36.0. The lowest BCUT2D eigenvalue weighted by Crippen LogP contribution is -2.25. The van der Waals surface area contributed by atoms with E-state index in [0.29, 0.717) is 16.6 Å². The Labute approximate surface area is 197 Å². The Morgan fingerprint density at radius 2 is 1.91 bits per heavy atom. The molecule has 4 rings (SSSR count). The lowest BCUT2D eigenvalue weighted by atomic mass is 9.83. The Kier molecular flexibility index (Phi) is 6.00. The number of ether oxygens (including phenoxy) is 1. The highest BCUT2D eigenvalue weighted by molar-refractivity contribution is 7.98. The standard InChI is InChI=1S/C24H27N5O3S/c1-14-17(15(2)29-22(25-14)26-23(27-29)33-6)12-21(31)32-13-16(30)11-20-24(3,4)18-9-7-8-10-19(18)28(20)5/h7-11H,12-13H2,1-6H3/b20-11+. The van der Waals surface area contributed by atoms with E-state index < -0.39 is 5.97 Å². The van der Waals surface area contributed by atoms with Gasteiger partial charge in [0.1, 0.15) is 0 Å². The minimum atomic E-state index is -0.485. The molecule has 33 heavy (non-hydrogen) atoms. The van der Waals surface area contributed by atoms with Gasteiger partial charge in [0.15, 0.2) is 12.4 Å². The normalized spacial score (nSPS) is 15.8. The number of fused-ring (bicyclic) bond motifs is 2. The number of hydrogen-bond donors (Lipinski definition) is 0. The van der Waals surface area contributed by atoms with Gasteiger partial charge in [0, 0.05) is 46.9 Å². The Hall–Kier alpha value is -3.20. The van der Waals surface area contributed by atoms with Crippen LogP contribution in [0.3, 0.4) is 0 Å². The number of carbonyl (C=O) groups is 2. The van der Waals surface area contributed by atoms with Crippen LogP contribution in [0.2, 0.25) is 0 Å². The summed E-state index contributed by atoms with van der Waals surface area (Å²) in [5, 5.41) is 5.01. The molecule has 1 aliphatic rings. The average molecular weight is 466 g/mol. The summed E-state index contributed by atoms with van der Waals surface area (Å²) in [5.74, 6) is -0.242. The van der Waals surface area contributed by atoms with Gasteiger partial charge in [0.25, 0.3) is 5.78 Å². The van der Waals surface area contributed by atoms with Crippen molar-refractivity contribution in [1.29, 1.82) is 0 Å². The van der Waals surface area contributed by atoms with Crippen molar-refractivity contribution in [2.24, 2.45) is 0 Å². The summed E-state index contributed by atoms with van der Waals surface area (Å²) in [6, 6.07) is 8.09. The fourth-order valence-electron chi connectivity index (χ4n) is 4.33. The molecule has 0 unspecified atom stereocenters. The molecule has 1 aliphatic heterocycles. The van der Waals surface area contributed by atoms with Gasteiger partial charge in [-0.05, 0) is 31.7 Å². The van der Waals surface area contributed by atoms with Gasteiger partial charge in [-0.1, -0.05) is 43.8 Å². The summed E-state index contributed by atoms with van der Waals surface area (Å²) in [5.41, 5.74) is 5.00. The van der Waals surface area contributed by atoms with Crippen molar-refractivity contribution in [2.75, 3.05) is 24.8 Å². The number of hydrogen-bond acceptors (Lipinski definition) is 8. The Bertz CT molecular complexity index is 1290. The van der Waals surface area contributed by atoms with E-state index in [4.69, 9.17) is 4.74 Å². The van der Waals surface area contributed by atoms with Crippen molar-refractivity contribution in [1.82, 2.24) is 19.6 Å². The maximum atomic E-state index is 12.7. The van der Waals surface area contributed by atoms with E-state index in [1.807, 2.05) is 50.2 Å². The monoisotopic (exact) mass is 465 g/mol. The second-order valence-corrected chi connectivity index (χ2v) is 9.38. The molecule has 3 heterocycles. The molecule has 0 spiro atoms. The molecular weight excluding hydrogens is 438 g/mol. The number of nitrogens with zero attached hydrogens (tertiary/aromatic N) is 5. The van der Waals surface area contributed by atoms with E-state index in [0.717, 1.165) is 28.2 Å². The third-order valence-corrected chi connectivity index (χ3v) is 6.68. The van der Waals surface area contributed by atoms with Gasteiger partial charge in [-0.2, -0.15) is 4.98 Å². The maximum Gasteiger partial charge on any atom is 0.310 e.